The summed E-state index contributed by atoms with van der Waals surface area (Å²) >= 11 is 0. The Morgan fingerprint density at radius 1 is 0.885 bits per heavy atom. The van der Waals surface area contributed by atoms with Crippen molar-refractivity contribution in [3.8, 4) is 11.1 Å². The number of hydrogen-bond donors (Lipinski definition) is 2. The SMILES string of the molecule is C/C(=N\NC(N)=Nc1ccccc1)c1ccc2c(c1)Cc1ccccc1-2. The van der Waals surface area contributed by atoms with Crippen LogP contribution in [0.2, 0.25) is 0 Å². The quantitative estimate of drug-likeness (QED) is 0.333. The molecular formula is C22H20N4. The second-order valence-corrected chi connectivity index (χ2v) is 6.35. The lowest BCUT2D eigenvalue weighted by Gasteiger charge is -2.06. The molecule has 0 fully saturated rings. The van der Waals surface area contributed by atoms with Gasteiger partial charge in [0.2, 0.25) is 5.96 Å². The molecule has 128 valence electrons. The standard InChI is InChI=1S/C22H20N4/c1-15(25-26-22(23)24-19-8-3-2-4-9-19)16-11-12-21-18(13-16)14-17-7-5-6-10-20(17)21/h2-13H,14H2,1H3,(H3,23,24,26)/b25-15+. The molecule has 0 saturated heterocycles. The van der Waals surface area contributed by atoms with Gasteiger partial charge in [0.05, 0.1) is 11.4 Å². The van der Waals surface area contributed by atoms with Gasteiger partial charge in [0.1, 0.15) is 0 Å². The van der Waals surface area contributed by atoms with Crippen LogP contribution in [-0.2, 0) is 6.42 Å². The molecule has 0 aromatic heterocycles. The lowest BCUT2D eigenvalue weighted by atomic mass is 10.0. The molecule has 0 saturated carbocycles. The summed E-state index contributed by atoms with van der Waals surface area (Å²) in [6.07, 6.45) is 0.970. The first kappa shape index (κ1) is 16.1. The van der Waals surface area contributed by atoms with Crippen LogP contribution in [0.4, 0.5) is 5.69 Å². The summed E-state index contributed by atoms with van der Waals surface area (Å²) < 4.78 is 0. The van der Waals surface area contributed by atoms with E-state index in [-0.39, 0.29) is 5.96 Å². The van der Waals surface area contributed by atoms with Gasteiger partial charge in [-0.05, 0) is 59.4 Å². The lowest BCUT2D eigenvalue weighted by molar-refractivity contribution is 1.00. The Hall–Kier alpha value is -3.40. The summed E-state index contributed by atoms with van der Waals surface area (Å²) in [5.41, 5.74) is 16.9. The van der Waals surface area contributed by atoms with E-state index in [4.69, 9.17) is 5.73 Å². The number of hydrazone groups is 1. The van der Waals surface area contributed by atoms with E-state index in [1.807, 2.05) is 37.3 Å². The van der Waals surface area contributed by atoms with E-state index in [2.05, 4.69) is 58.0 Å². The number of nitrogens with two attached hydrogens (primary N) is 1. The van der Waals surface area contributed by atoms with Gasteiger partial charge in [-0.15, -0.1) is 0 Å². The van der Waals surface area contributed by atoms with E-state index < -0.39 is 0 Å². The largest absolute Gasteiger partial charge is 0.368 e. The fourth-order valence-electron chi connectivity index (χ4n) is 3.24. The number of nitrogens with one attached hydrogen (secondary N) is 1. The highest BCUT2D eigenvalue weighted by atomic mass is 15.4. The molecule has 0 spiro atoms. The predicted molar refractivity (Wildman–Crippen MR) is 108 cm³/mol. The van der Waals surface area contributed by atoms with Gasteiger partial charge in [0, 0.05) is 0 Å². The molecule has 0 aliphatic heterocycles. The highest BCUT2D eigenvalue weighted by molar-refractivity contribution is 6.00. The van der Waals surface area contributed by atoms with E-state index in [0.717, 1.165) is 23.4 Å². The minimum atomic E-state index is 0.268. The van der Waals surface area contributed by atoms with E-state index in [0.29, 0.717) is 0 Å². The Morgan fingerprint density at radius 2 is 1.62 bits per heavy atom. The number of para-hydroxylation sites is 1. The molecule has 4 nitrogen and oxygen atoms in total. The van der Waals surface area contributed by atoms with Crippen molar-refractivity contribution in [3.63, 3.8) is 0 Å². The number of nitrogens with zero attached hydrogens (tertiary/aromatic N) is 2. The van der Waals surface area contributed by atoms with E-state index in [9.17, 15) is 0 Å². The van der Waals surface area contributed by atoms with Crippen LogP contribution in [0, 0.1) is 0 Å². The summed E-state index contributed by atoms with van der Waals surface area (Å²) in [7, 11) is 0. The Bertz CT molecular complexity index is 1000. The number of guanidine groups is 1. The maximum absolute atomic E-state index is 5.91. The molecule has 0 heterocycles. The molecule has 1 aliphatic carbocycles. The van der Waals surface area contributed by atoms with Gasteiger partial charge in [0.15, 0.2) is 0 Å². The molecule has 0 radical (unpaired) electrons. The topological polar surface area (TPSA) is 62.8 Å². The van der Waals surface area contributed by atoms with Crippen molar-refractivity contribution in [2.75, 3.05) is 0 Å². The van der Waals surface area contributed by atoms with Gasteiger partial charge in [-0.1, -0.05) is 54.6 Å². The number of fused-ring (bicyclic) bond motifs is 3. The summed E-state index contributed by atoms with van der Waals surface area (Å²) in [6, 6.07) is 24.6. The molecule has 0 unspecified atom stereocenters. The Labute approximate surface area is 153 Å². The van der Waals surface area contributed by atoms with Crippen molar-refractivity contribution in [3.05, 3.63) is 89.5 Å². The smallest absolute Gasteiger partial charge is 0.214 e. The summed E-state index contributed by atoms with van der Waals surface area (Å²) in [4.78, 5) is 4.29. The Morgan fingerprint density at radius 3 is 2.46 bits per heavy atom. The highest BCUT2D eigenvalue weighted by Crippen LogP contribution is 2.36. The van der Waals surface area contributed by atoms with E-state index >= 15 is 0 Å². The second-order valence-electron chi connectivity index (χ2n) is 6.35. The molecule has 1 aliphatic rings. The van der Waals surface area contributed by atoms with Crippen molar-refractivity contribution < 1.29 is 0 Å². The average molecular weight is 340 g/mol. The van der Waals surface area contributed by atoms with Crippen LogP contribution >= 0.6 is 0 Å². The van der Waals surface area contributed by atoms with Gasteiger partial charge < -0.3 is 5.73 Å². The fourth-order valence-corrected chi connectivity index (χ4v) is 3.24. The van der Waals surface area contributed by atoms with Crippen molar-refractivity contribution in [1.82, 2.24) is 5.43 Å². The normalized spacial score (nSPS) is 13.3. The minimum Gasteiger partial charge on any atom is -0.368 e. The maximum Gasteiger partial charge on any atom is 0.214 e. The zero-order valence-corrected chi connectivity index (χ0v) is 14.6. The van der Waals surface area contributed by atoms with Crippen molar-refractivity contribution >= 4 is 17.4 Å². The first-order valence-corrected chi connectivity index (χ1v) is 8.62. The van der Waals surface area contributed by atoms with Gasteiger partial charge >= 0.3 is 0 Å². The minimum absolute atomic E-state index is 0.268. The maximum atomic E-state index is 5.91. The van der Waals surface area contributed by atoms with Crippen LogP contribution in [0.15, 0.2) is 82.9 Å². The van der Waals surface area contributed by atoms with Crippen molar-refractivity contribution in [2.24, 2.45) is 15.8 Å². The van der Waals surface area contributed by atoms with Crippen molar-refractivity contribution in [1.29, 1.82) is 0 Å². The summed E-state index contributed by atoms with van der Waals surface area (Å²) in [5.74, 6) is 0.268. The van der Waals surface area contributed by atoms with Crippen LogP contribution in [0.25, 0.3) is 11.1 Å². The lowest BCUT2D eigenvalue weighted by Crippen LogP contribution is -2.27. The first-order valence-electron chi connectivity index (χ1n) is 8.62. The molecule has 3 aromatic carbocycles. The fraction of sp³-hybridized carbons (Fsp3) is 0.0909. The molecule has 3 aromatic rings. The van der Waals surface area contributed by atoms with E-state index in [1.165, 1.54) is 22.3 Å². The highest BCUT2D eigenvalue weighted by Gasteiger charge is 2.18. The third-order valence-corrected chi connectivity index (χ3v) is 4.56. The molecule has 0 atom stereocenters. The van der Waals surface area contributed by atoms with Gasteiger partial charge in [0.25, 0.3) is 0 Å². The van der Waals surface area contributed by atoms with Crippen LogP contribution in [-0.4, -0.2) is 11.7 Å². The summed E-state index contributed by atoms with van der Waals surface area (Å²) in [5, 5.41) is 4.38. The van der Waals surface area contributed by atoms with Gasteiger partial charge in [-0.25, -0.2) is 10.4 Å². The third-order valence-electron chi connectivity index (χ3n) is 4.56. The number of rotatable bonds is 3. The third kappa shape index (κ3) is 3.22. The average Bonchev–Trinajstić information content (AvgIpc) is 3.04. The molecule has 0 bridgehead atoms. The molecular weight excluding hydrogens is 320 g/mol. The van der Waals surface area contributed by atoms with Crippen LogP contribution in [0.1, 0.15) is 23.6 Å². The molecule has 4 heteroatoms. The Kier molecular flexibility index (Phi) is 4.23. The van der Waals surface area contributed by atoms with Crippen LogP contribution in [0.5, 0.6) is 0 Å². The number of aliphatic imine (C=N–C) groups is 1. The monoisotopic (exact) mass is 340 g/mol. The molecule has 0 amide bonds. The second kappa shape index (κ2) is 6.84. The van der Waals surface area contributed by atoms with E-state index in [1.54, 1.807) is 0 Å². The number of benzene rings is 3. The van der Waals surface area contributed by atoms with Gasteiger partial charge in [-0.2, -0.15) is 5.10 Å². The molecule has 3 N–H and O–H groups in total. The summed E-state index contributed by atoms with van der Waals surface area (Å²) in [6.45, 7) is 1.96. The molecule has 4 rings (SSSR count). The van der Waals surface area contributed by atoms with Crippen LogP contribution in [0.3, 0.4) is 0 Å². The predicted octanol–water partition coefficient (Wildman–Crippen LogP) is 4.22. The van der Waals surface area contributed by atoms with Crippen molar-refractivity contribution in [2.45, 2.75) is 13.3 Å². The molecule has 26 heavy (non-hydrogen) atoms. The Balaban J connectivity index is 1.52. The van der Waals surface area contributed by atoms with Gasteiger partial charge in [-0.3, -0.25) is 0 Å². The zero-order chi connectivity index (χ0) is 17.9. The van der Waals surface area contributed by atoms with Crippen LogP contribution < -0.4 is 11.2 Å². The number of hydrogen-bond acceptors (Lipinski definition) is 2. The first-order chi connectivity index (χ1) is 12.7. The zero-order valence-electron chi connectivity index (χ0n) is 14.6.